The van der Waals surface area contributed by atoms with Gasteiger partial charge >= 0.3 is 0 Å². The first-order valence-electron chi connectivity index (χ1n) is 13.5. The van der Waals surface area contributed by atoms with Crippen molar-refractivity contribution in [3.8, 4) is 11.5 Å². The Labute approximate surface area is 239 Å². The Morgan fingerprint density at radius 3 is 2.50 bits per heavy atom. The van der Waals surface area contributed by atoms with Gasteiger partial charge in [-0.1, -0.05) is 24.3 Å². The van der Waals surface area contributed by atoms with Crippen molar-refractivity contribution in [2.24, 2.45) is 5.92 Å². The van der Waals surface area contributed by atoms with E-state index in [2.05, 4.69) is 10.4 Å². The maximum absolute atomic E-state index is 14.8. The SMILES string of the molecule is COc1ccc(COc2c(F)cc(C(=O)NC[C@H]3CC[C@H](n4cc5ccc(C(=N)NO)cc5n4)CC3)c(F)c2F)cc1. The number of benzene rings is 3. The average Bonchev–Trinajstić information content (AvgIpc) is 3.45. The fourth-order valence-corrected chi connectivity index (χ4v) is 5.14. The van der Waals surface area contributed by atoms with E-state index in [1.807, 2.05) is 22.4 Å². The minimum absolute atomic E-state index is 0.114. The standard InChI is InChI=1S/C30H30F3N5O4/c1-41-22-10-4-18(5-11-22)16-42-28-24(31)13-23(26(32)27(28)33)30(39)35-14-17-2-8-21(9-3-17)38-15-20-7-6-19(29(34)37-40)12-25(20)36-38/h4-7,10-13,15,17,21,40H,2-3,8-9,14,16H2,1H3,(H2,34,37)(H,35,39)/t17-,21-. The third kappa shape index (κ3) is 6.18. The maximum Gasteiger partial charge on any atom is 0.254 e. The number of amidine groups is 1. The van der Waals surface area contributed by atoms with Crippen LogP contribution in [0.4, 0.5) is 13.2 Å². The molecule has 1 amide bonds. The first kappa shape index (κ1) is 28.9. The van der Waals surface area contributed by atoms with Gasteiger partial charge in [0.25, 0.3) is 5.91 Å². The second-order valence-electron chi connectivity index (χ2n) is 10.3. The first-order valence-corrected chi connectivity index (χ1v) is 13.5. The van der Waals surface area contributed by atoms with Gasteiger partial charge in [0.2, 0.25) is 5.82 Å². The zero-order valence-electron chi connectivity index (χ0n) is 22.8. The molecule has 3 aromatic carbocycles. The summed E-state index contributed by atoms with van der Waals surface area (Å²) in [5.41, 5.74) is 2.93. The van der Waals surface area contributed by atoms with Crippen molar-refractivity contribution in [1.29, 1.82) is 5.41 Å². The Hall–Kier alpha value is -4.58. The van der Waals surface area contributed by atoms with Crippen molar-refractivity contribution in [2.45, 2.75) is 38.3 Å². The number of carbonyl (C=O) groups is 1. The Morgan fingerprint density at radius 2 is 1.81 bits per heavy atom. The minimum atomic E-state index is -1.56. The van der Waals surface area contributed by atoms with E-state index in [4.69, 9.17) is 20.1 Å². The van der Waals surface area contributed by atoms with Gasteiger partial charge in [-0.05, 0) is 61.4 Å². The van der Waals surface area contributed by atoms with Crippen LogP contribution in [0.5, 0.6) is 11.5 Å². The maximum atomic E-state index is 14.8. The van der Waals surface area contributed by atoms with Crippen molar-refractivity contribution < 1.29 is 32.6 Å². The lowest BCUT2D eigenvalue weighted by molar-refractivity contribution is 0.0935. The summed E-state index contributed by atoms with van der Waals surface area (Å²) >= 11 is 0. The van der Waals surface area contributed by atoms with Crippen LogP contribution in [0.15, 0.2) is 54.7 Å². The summed E-state index contributed by atoms with van der Waals surface area (Å²) in [5.74, 6) is -5.38. The number of nitrogens with zero attached hydrogens (tertiary/aromatic N) is 2. The Kier molecular flexibility index (Phi) is 8.62. The molecule has 1 aliphatic rings. The fourth-order valence-electron chi connectivity index (χ4n) is 5.14. The molecule has 4 aromatic rings. The van der Waals surface area contributed by atoms with Gasteiger partial charge in [-0.3, -0.25) is 25.6 Å². The van der Waals surface area contributed by atoms with Crippen molar-refractivity contribution in [3.05, 3.63) is 88.9 Å². The van der Waals surface area contributed by atoms with E-state index in [1.165, 1.54) is 7.11 Å². The number of aromatic nitrogens is 2. The van der Waals surface area contributed by atoms with Crippen LogP contribution in [0.3, 0.4) is 0 Å². The molecule has 0 unspecified atom stereocenters. The van der Waals surface area contributed by atoms with Gasteiger partial charge in [0.1, 0.15) is 18.2 Å². The quantitative estimate of drug-likeness (QED) is 0.0896. The number of amides is 1. The Bertz CT molecular complexity index is 1600. The molecule has 0 atom stereocenters. The zero-order valence-corrected chi connectivity index (χ0v) is 22.8. The highest BCUT2D eigenvalue weighted by atomic mass is 19.2. The molecule has 12 heteroatoms. The van der Waals surface area contributed by atoms with Crippen LogP contribution in [-0.2, 0) is 6.61 Å². The van der Waals surface area contributed by atoms with Crippen LogP contribution in [0.2, 0.25) is 0 Å². The van der Waals surface area contributed by atoms with Crippen LogP contribution in [0, 0.1) is 28.8 Å². The van der Waals surface area contributed by atoms with E-state index in [1.54, 1.807) is 36.4 Å². The van der Waals surface area contributed by atoms with Gasteiger partial charge in [0.15, 0.2) is 17.4 Å². The monoisotopic (exact) mass is 581 g/mol. The molecule has 9 nitrogen and oxygen atoms in total. The molecule has 0 radical (unpaired) electrons. The van der Waals surface area contributed by atoms with Gasteiger partial charge in [0, 0.05) is 23.7 Å². The van der Waals surface area contributed by atoms with Crippen LogP contribution < -0.4 is 20.3 Å². The molecular weight excluding hydrogens is 551 g/mol. The number of halogens is 3. The summed E-state index contributed by atoms with van der Waals surface area (Å²) < 4.78 is 56.3. The van der Waals surface area contributed by atoms with Crippen molar-refractivity contribution in [1.82, 2.24) is 20.6 Å². The minimum Gasteiger partial charge on any atom is -0.497 e. The van der Waals surface area contributed by atoms with Crippen molar-refractivity contribution in [2.75, 3.05) is 13.7 Å². The third-order valence-electron chi connectivity index (χ3n) is 7.57. The predicted molar refractivity (Wildman–Crippen MR) is 148 cm³/mol. The molecule has 0 spiro atoms. The third-order valence-corrected chi connectivity index (χ3v) is 7.57. The van der Waals surface area contributed by atoms with Crippen LogP contribution in [-0.4, -0.2) is 40.4 Å². The smallest absolute Gasteiger partial charge is 0.254 e. The highest BCUT2D eigenvalue weighted by Gasteiger charge is 2.27. The van der Waals surface area contributed by atoms with E-state index in [-0.39, 0.29) is 30.9 Å². The first-order chi connectivity index (χ1) is 20.3. The number of hydrogen-bond acceptors (Lipinski definition) is 6. The molecule has 1 aliphatic carbocycles. The number of rotatable bonds is 9. The number of fused-ring (bicyclic) bond motifs is 1. The molecule has 0 bridgehead atoms. The molecule has 0 saturated heterocycles. The average molecular weight is 582 g/mol. The second-order valence-corrected chi connectivity index (χ2v) is 10.3. The number of hydrogen-bond donors (Lipinski definition) is 4. The van der Waals surface area contributed by atoms with Crippen molar-refractivity contribution >= 4 is 22.6 Å². The van der Waals surface area contributed by atoms with Crippen LogP contribution >= 0.6 is 0 Å². The van der Waals surface area contributed by atoms with Gasteiger partial charge in [-0.15, -0.1) is 0 Å². The number of ether oxygens (including phenoxy) is 2. The summed E-state index contributed by atoms with van der Waals surface area (Å²) in [6, 6.07) is 12.7. The van der Waals surface area contributed by atoms with E-state index in [9.17, 15) is 18.0 Å². The fraction of sp³-hybridized carbons (Fsp3) is 0.300. The largest absolute Gasteiger partial charge is 0.497 e. The summed E-state index contributed by atoms with van der Waals surface area (Å²) in [4.78, 5) is 12.7. The second kappa shape index (κ2) is 12.5. The van der Waals surface area contributed by atoms with Gasteiger partial charge in [0.05, 0.1) is 24.2 Å². The summed E-state index contributed by atoms with van der Waals surface area (Å²) in [5, 5.41) is 24.8. The molecule has 1 fully saturated rings. The molecule has 220 valence electrons. The number of hydroxylamine groups is 1. The van der Waals surface area contributed by atoms with Gasteiger partial charge in [-0.25, -0.2) is 8.78 Å². The number of methoxy groups -OCH3 is 1. The molecule has 1 saturated carbocycles. The molecule has 5 rings (SSSR count). The topological polar surface area (TPSA) is 121 Å². The molecular formula is C30H30F3N5O4. The summed E-state index contributed by atoms with van der Waals surface area (Å²) in [7, 11) is 1.51. The van der Waals surface area contributed by atoms with Gasteiger partial charge in [-0.2, -0.15) is 9.49 Å². The van der Waals surface area contributed by atoms with E-state index in [0.717, 1.165) is 31.1 Å². The molecule has 0 aliphatic heterocycles. The van der Waals surface area contributed by atoms with E-state index in [0.29, 0.717) is 28.5 Å². The zero-order chi connectivity index (χ0) is 29.8. The molecule has 1 heterocycles. The van der Waals surface area contributed by atoms with Crippen molar-refractivity contribution in [3.63, 3.8) is 0 Å². The number of carbonyl (C=O) groups excluding carboxylic acids is 1. The highest BCUT2D eigenvalue weighted by Crippen LogP contribution is 2.33. The highest BCUT2D eigenvalue weighted by molar-refractivity contribution is 5.98. The molecule has 4 N–H and O–H groups in total. The lowest BCUT2D eigenvalue weighted by Crippen LogP contribution is -2.32. The van der Waals surface area contributed by atoms with Gasteiger partial charge < -0.3 is 14.8 Å². The lowest BCUT2D eigenvalue weighted by atomic mass is 9.86. The summed E-state index contributed by atoms with van der Waals surface area (Å²) in [6.45, 7) is 0.0393. The van der Waals surface area contributed by atoms with E-state index >= 15 is 0 Å². The molecule has 42 heavy (non-hydrogen) atoms. The van der Waals surface area contributed by atoms with Crippen LogP contribution in [0.1, 0.15) is 53.2 Å². The Balaban J connectivity index is 1.15. The lowest BCUT2D eigenvalue weighted by Gasteiger charge is -2.28. The normalized spacial score (nSPS) is 16.7. The van der Waals surface area contributed by atoms with E-state index < -0.39 is 34.7 Å². The predicted octanol–water partition coefficient (Wildman–Crippen LogP) is 5.51. The Morgan fingerprint density at radius 1 is 1.07 bits per heavy atom. The van der Waals surface area contributed by atoms with Crippen LogP contribution in [0.25, 0.3) is 10.9 Å². The number of nitrogens with one attached hydrogen (secondary N) is 3. The summed E-state index contributed by atoms with van der Waals surface area (Å²) in [6.07, 6.45) is 5.09. The molecule has 1 aromatic heterocycles.